The fourth-order valence-corrected chi connectivity index (χ4v) is 4.02. The molecule has 1 aromatic heterocycles. The van der Waals surface area contributed by atoms with Gasteiger partial charge in [-0.05, 0) is 18.2 Å². The number of benzene rings is 2. The standard InChI is InChI=1S/C16H10BrClN2O3S/c1-20-11-5-12-13(23-7-22-12)6-14(11)24-16(20)19-15(21)9-4-8(17)2-3-10(9)18/h2-6H,7H2,1H3. The third kappa shape index (κ3) is 2.62. The van der Waals surface area contributed by atoms with Crippen LogP contribution in [-0.2, 0) is 7.05 Å². The second kappa shape index (κ2) is 5.91. The average Bonchev–Trinajstić information content (AvgIpc) is 3.12. The summed E-state index contributed by atoms with van der Waals surface area (Å²) in [7, 11) is 1.86. The summed E-state index contributed by atoms with van der Waals surface area (Å²) in [4.78, 5) is 17.3. The van der Waals surface area contributed by atoms with Crippen molar-refractivity contribution in [2.75, 3.05) is 6.79 Å². The van der Waals surface area contributed by atoms with Gasteiger partial charge in [-0.25, -0.2) is 0 Å². The van der Waals surface area contributed by atoms with Crippen molar-refractivity contribution in [3.8, 4) is 11.5 Å². The first-order valence-electron chi connectivity index (χ1n) is 6.96. The highest BCUT2D eigenvalue weighted by molar-refractivity contribution is 9.10. The maximum atomic E-state index is 12.5. The van der Waals surface area contributed by atoms with Crippen LogP contribution < -0.4 is 14.3 Å². The number of fused-ring (bicyclic) bond motifs is 2. The molecule has 0 N–H and O–H groups in total. The molecule has 0 radical (unpaired) electrons. The van der Waals surface area contributed by atoms with E-state index in [1.165, 1.54) is 11.3 Å². The zero-order valence-electron chi connectivity index (χ0n) is 12.4. The van der Waals surface area contributed by atoms with E-state index in [-0.39, 0.29) is 12.7 Å². The van der Waals surface area contributed by atoms with Gasteiger partial charge in [0.05, 0.1) is 20.8 Å². The summed E-state index contributed by atoms with van der Waals surface area (Å²) < 4.78 is 14.4. The third-order valence-electron chi connectivity index (χ3n) is 3.66. The Morgan fingerprint density at radius 1 is 1.29 bits per heavy atom. The molecule has 5 nitrogen and oxygen atoms in total. The molecule has 24 heavy (non-hydrogen) atoms. The predicted molar refractivity (Wildman–Crippen MR) is 96.0 cm³/mol. The van der Waals surface area contributed by atoms with Crippen LogP contribution in [0.2, 0.25) is 5.02 Å². The van der Waals surface area contributed by atoms with E-state index in [1.807, 2.05) is 23.7 Å². The summed E-state index contributed by atoms with van der Waals surface area (Å²) >= 11 is 10.9. The minimum Gasteiger partial charge on any atom is -0.454 e. The molecule has 4 rings (SSSR count). The Morgan fingerprint density at radius 3 is 2.83 bits per heavy atom. The fraction of sp³-hybridized carbons (Fsp3) is 0.125. The number of carbonyl (C=O) groups is 1. The van der Waals surface area contributed by atoms with Crippen LogP contribution in [0.4, 0.5) is 0 Å². The Labute approximate surface area is 154 Å². The molecule has 8 heteroatoms. The monoisotopic (exact) mass is 424 g/mol. The molecule has 1 aliphatic heterocycles. The summed E-state index contributed by atoms with van der Waals surface area (Å²) in [6, 6.07) is 8.90. The van der Waals surface area contributed by atoms with Gasteiger partial charge in [0, 0.05) is 23.7 Å². The number of amides is 1. The van der Waals surface area contributed by atoms with Gasteiger partial charge >= 0.3 is 0 Å². The highest BCUT2D eigenvalue weighted by Gasteiger charge is 2.17. The van der Waals surface area contributed by atoms with E-state index in [4.69, 9.17) is 21.1 Å². The average molecular weight is 426 g/mol. The molecule has 0 aliphatic carbocycles. The van der Waals surface area contributed by atoms with Crippen molar-refractivity contribution in [2.45, 2.75) is 0 Å². The Balaban J connectivity index is 1.84. The molecule has 0 saturated heterocycles. The van der Waals surface area contributed by atoms with Crippen LogP contribution in [-0.4, -0.2) is 17.3 Å². The molecule has 0 spiro atoms. The largest absolute Gasteiger partial charge is 0.454 e. The maximum absolute atomic E-state index is 12.5. The zero-order valence-corrected chi connectivity index (χ0v) is 15.5. The van der Waals surface area contributed by atoms with Gasteiger partial charge < -0.3 is 14.0 Å². The molecular formula is C16H10BrClN2O3S. The van der Waals surface area contributed by atoms with Crippen molar-refractivity contribution in [2.24, 2.45) is 12.0 Å². The summed E-state index contributed by atoms with van der Waals surface area (Å²) in [6.45, 7) is 0.230. The Morgan fingerprint density at radius 2 is 2.04 bits per heavy atom. The van der Waals surface area contributed by atoms with E-state index >= 15 is 0 Å². The van der Waals surface area contributed by atoms with Crippen molar-refractivity contribution in [3.05, 3.63) is 50.2 Å². The van der Waals surface area contributed by atoms with Crippen LogP contribution in [0.5, 0.6) is 11.5 Å². The van der Waals surface area contributed by atoms with E-state index < -0.39 is 0 Å². The van der Waals surface area contributed by atoms with Crippen molar-refractivity contribution >= 4 is 55.0 Å². The van der Waals surface area contributed by atoms with Gasteiger partial charge in [0.2, 0.25) is 6.79 Å². The summed E-state index contributed by atoms with van der Waals surface area (Å²) in [5, 5.41) is 0.372. The van der Waals surface area contributed by atoms with E-state index in [0.717, 1.165) is 14.7 Å². The third-order valence-corrected chi connectivity index (χ3v) is 5.58. The molecule has 2 heterocycles. The quantitative estimate of drug-likeness (QED) is 0.589. The highest BCUT2D eigenvalue weighted by Crippen LogP contribution is 2.36. The number of halogens is 2. The number of nitrogens with zero attached hydrogens (tertiary/aromatic N) is 2. The Hall–Kier alpha value is -1.83. The van der Waals surface area contributed by atoms with Gasteiger partial charge in [-0.2, -0.15) is 4.99 Å². The summed E-state index contributed by atoms with van der Waals surface area (Å²) in [5.74, 6) is 1.02. The fourth-order valence-electron chi connectivity index (χ4n) is 2.43. The lowest BCUT2D eigenvalue weighted by Crippen LogP contribution is -2.13. The molecule has 2 aromatic carbocycles. The molecule has 1 aliphatic rings. The van der Waals surface area contributed by atoms with E-state index in [2.05, 4.69) is 20.9 Å². The lowest BCUT2D eigenvalue weighted by molar-refractivity contribution is 0.0998. The second-order valence-electron chi connectivity index (χ2n) is 5.16. The van der Waals surface area contributed by atoms with E-state index in [0.29, 0.717) is 26.9 Å². The molecule has 3 aromatic rings. The highest BCUT2D eigenvalue weighted by atomic mass is 79.9. The van der Waals surface area contributed by atoms with Gasteiger partial charge in [-0.15, -0.1) is 0 Å². The maximum Gasteiger partial charge on any atom is 0.281 e. The Bertz CT molecular complexity index is 1060. The van der Waals surface area contributed by atoms with Crippen molar-refractivity contribution in [1.82, 2.24) is 4.57 Å². The molecule has 0 saturated carbocycles. The molecule has 1 amide bonds. The summed E-state index contributed by atoms with van der Waals surface area (Å²) in [6.07, 6.45) is 0. The minimum absolute atomic E-state index is 0.230. The van der Waals surface area contributed by atoms with Gasteiger partial charge in [-0.3, -0.25) is 4.79 Å². The van der Waals surface area contributed by atoms with Gasteiger partial charge in [-0.1, -0.05) is 38.9 Å². The number of rotatable bonds is 1. The van der Waals surface area contributed by atoms with Gasteiger partial charge in [0.15, 0.2) is 16.3 Å². The van der Waals surface area contributed by atoms with Crippen LogP contribution in [0, 0.1) is 0 Å². The van der Waals surface area contributed by atoms with E-state index in [9.17, 15) is 4.79 Å². The lowest BCUT2D eigenvalue weighted by Gasteiger charge is -2.00. The smallest absolute Gasteiger partial charge is 0.281 e. The number of aromatic nitrogens is 1. The first kappa shape index (κ1) is 15.7. The van der Waals surface area contributed by atoms with Crippen molar-refractivity contribution in [3.63, 3.8) is 0 Å². The molecule has 0 unspecified atom stereocenters. The normalized spacial score (nSPS) is 13.7. The number of carbonyl (C=O) groups excluding carboxylic acids is 1. The van der Waals surface area contributed by atoms with Crippen molar-refractivity contribution in [1.29, 1.82) is 0 Å². The van der Waals surface area contributed by atoms with Crippen LogP contribution in [0.25, 0.3) is 10.2 Å². The van der Waals surface area contributed by atoms with Gasteiger partial charge in [0.25, 0.3) is 5.91 Å². The molecule has 0 atom stereocenters. The topological polar surface area (TPSA) is 52.8 Å². The second-order valence-corrected chi connectivity index (χ2v) is 7.49. The summed E-state index contributed by atoms with van der Waals surface area (Å²) in [5.41, 5.74) is 1.29. The molecule has 122 valence electrons. The predicted octanol–water partition coefficient (Wildman–Crippen LogP) is 4.13. The molecule has 0 bridgehead atoms. The van der Waals surface area contributed by atoms with E-state index in [1.54, 1.807) is 18.2 Å². The first-order chi connectivity index (χ1) is 11.5. The first-order valence-corrected chi connectivity index (χ1v) is 8.95. The number of aryl methyl sites for hydroxylation is 1. The number of ether oxygens (including phenoxy) is 2. The van der Waals surface area contributed by atoms with Gasteiger partial charge in [0.1, 0.15) is 0 Å². The number of hydrogen-bond donors (Lipinski definition) is 0. The zero-order chi connectivity index (χ0) is 16.8. The Kier molecular flexibility index (Phi) is 3.86. The van der Waals surface area contributed by atoms with Crippen LogP contribution in [0.1, 0.15) is 10.4 Å². The number of hydrogen-bond acceptors (Lipinski definition) is 4. The molecule has 0 fully saturated rings. The molecular weight excluding hydrogens is 416 g/mol. The SMILES string of the molecule is Cn1c(=NC(=O)c2cc(Br)ccc2Cl)sc2cc3c(cc21)OCO3. The minimum atomic E-state index is -0.386. The van der Waals surface area contributed by atoms with Crippen LogP contribution in [0.3, 0.4) is 0 Å². The van der Waals surface area contributed by atoms with Crippen LogP contribution >= 0.6 is 38.9 Å². The lowest BCUT2D eigenvalue weighted by atomic mass is 10.2. The van der Waals surface area contributed by atoms with Crippen molar-refractivity contribution < 1.29 is 14.3 Å². The van der Waals surface area contributed by atoms with Crippen LogP contribution in [0.15, 0.2) is 39.8 Å². The number of thiazole rings is 1.